The van der Waals surface area contributed by atoms with Gasteiger partial charge in [-0.2, -0.15) is 0 Å². The normalized spacial score (nSPS) is 21.8. The average molecular weight is 346 g/mol. The molecule has 0 bridgehead atoms. The van der Waals surface area contributed by atoms with Crippen molar-refractivity contribution in [2.45, 2.75) is 18.9 Å². The lowest BCUT2D eigenvalue weighted by molar-refractivity contribution is 0.312. The van der Waals surface area contributed by atoms with E-state index in [2.05, 4.69) is 47.4 Å². The third kappa shape index (κ3) is 2.87. The Bertz CT molecular complexity index is 704. The number of fused-ring (bicyclic) bond motifs is 3. The van der Waals surface area contributed by atoms with Crippen molar-refractivity contribution in [1.82, 2.24) is 4.90 Å². The van der Waals surface area contributed by atoms with E-state index in [4.69, 9.17) is 9.47 Å². The van der Waals surface area contributed by atoms with Crippen LogP contribution in [0.25, 0.3) is 0 Å². The van der Waals surface area contributed by atoms with E-state index < -0.39 is 0 Å². The van der Waals surface area contributed by atoms with Gasteiger partial charge >= 0.3 is 0 Å². The van der Waals surface area contributed by atoms with E-state index in [0.29, 0.717) is 11.8 Å². The van der Waals surface area contributed by atoms with Gasteiger partial charge in [0.25, 0.3) is 0 Å². The molecule has 3 nitrogen and oxygen atoms in total. The minimum Gasteiger partial charge on any atom is -0.493 e. The van der Waals surface area contributed by atoms with E-state index in [0.717, 1.165) is 31.0 Å². The summed E-state index contributed by atoms with van der Waals surface area (Å²) in [5.74, 6) is 3.13. The lowest BCUT2D eigenvalue weighted by atomic mass is 9.96. The number of likely N-dealkylation sites (tertiary alicyclic amines) is 1. The van der Waals surface area contributed by atoms with E-state index >= 15 is 0 Å². The highest BCUT2D eigenvalue weighted by Crippen LogP contribution is 2.49. The highest BCUT2D eigenvalue weighted by molar-refractivity contribution is 5.85. The first-order chi connectivity index (χ1) is 11.3. The molecule has 0 radical (unpaired) electrons. The minimum atomic E-state index is 0. The van der Waals surface area contributed by atoms with Crippen molar-refractivity contribution in [3.8, 4) is 11.5 Å². The minimum absolute atomic E-state index is 0. The van der Waals surface area contributed by atoms with E-state index in [9.17, 15) is 0 Å². The molecule has 2 aromatic rings. The molecule has 2 aromatic carbocycles. The number of benzene rings is 2. The van der Waals surface area contributed by atoms with Crippen molar-refractivity contribution in [3.63, 3.8) is 0 Å². The molecule has 24 heavy (non-hydrogen) atoms. The summed E-state index contributed by atoms with van der Waals surface area (Å²) >= 11 is 0. The van der Waals surface area contributed by atoms with Crippen LogP contribution in [0.1, 0.15) is 22.6 Å². The van der Waals surface area contributed by atoms with Crippen LogP contribution >= 0.6 is 12.4 Å². The summed E-state index contributed by atoms with van der Waals surface area (Å²) in [4.78, 5) is 2.59. The van der Waals surface area contributed by atoms with Gasteiger partial charge in [0.1, 0.15) is 0 Å². The molecule has 2 unspecified atom stereocenters. The number of ether oxygens (including phenoxy) is 2. The molecule has 128 valence electrons. The summed E-state index contributed by atoms with van der Waals surface area (Å²) < 4.78 is 11.1. The first-order valence-electron chi connectivity index (χ1n) is 8.30. The molecule has 1 fully saturated rings. The lowest BCUT2D eigenvalue weighted by Gasteiger charge is -2.19. The monoisotopic (exact) mass is 345 g/mol. The van der Waals surface area contributed by atoms with Gasteiger partial charge in [0.2, 0.25) is 0 Å². The van der Waals surface area contributed by atoms with Gasteiger partial charge in [-0.1, -0.05) is 36.4 Å². The van der Waals surface area contributed by atoms with Crippen LogP contribution in [0.5, 0.6) is 11.5 Å². The smallest absolute Gasteiger partial charge is 0.164 e. The molecule has 0 N–H and O–H groups in total. The van der Waals surface area contributed by atoms with Crippen LogP contribution in [-0.2, 0) is 13.0 Å². The number of hydrogen-bond acceptors (Lipinski definition) is 3. The Morgan fingerprint density at radius 1 is 1.00 bits per heavy atom. The van der Waals surface area contributed by atoms with E-state index in [-0.39, 0.29) is 12.4 Å². The number of nitrogens with zero attached hydrogens (tertiary/aromatic N) is 1. The predicted octanol–water partition coefficient (Wildman–Crippen LogP) is 3.90. The second-order valence-corrected chi connectivity index (χ2v) is 6.62. The van der Waals surface area contributed by atoms with Crippen LogP contribution in [0.3, 0.4) is 0 Å². The number of methoxy groups -OCH3 is 2. The van der Waals surface area contributed by atoms with Crippen LogP contribution in [0.2, 0.25) is 0 Å². The molecule has 4 rings (SSSR count). The SMILES string of the molecule is COc1ccc2c(c1OC)CC1CN(Cc3ccccc3)CC21.Cl. The third-order valence-electron chi connectivity index (χ3n) is 5.32. The van der Waals surface area contributed by atoms with Gasteiger partial charge in [0.15, 0.2) is 11.5 Å². The third-order valence-corrected chi connectivity index (χ3v) is 5.32. The zero-order chi connectivity index (χ0) is 15.8. The standard InChI is InChI=1S/C20H23NO2.ClH/c1-22-19-9-8-16-17(20(19)23-2)10-15-12-21(13-18(15)16)11-14-6-4-3-5-7-14;/h3-9,15,18H,10-13H2,1-2H3;1H. The molecular weight excluding hydrogens is 322 g/mol. The topological polar surface area (TPSA) is 21.7 Å². The summed E-state index contributed by atoms with van der Waals surface area (Å²) in [6, 6.07) is 15.1. The van der Waals surface area contributed by atoms with E-state index in [1.165, 1.54) is 23.2 Å². The molecule has 1 aliphatic carbocycles. The molecule has 2 aliphatic rings. The van der Waals surface area contributed by atoms with Gasteiger partial charge in [-0.25, -0.2) is 0 Å². The van der Waals surface area contributed by atoms with Gasteiger partial charge < -0.3 is 9.47 Å². The Kier molecular flexibility index (Phi) is 5.02. The lowest BCUT2D eigenvalue weighted by Crippen LogP contribution is -2.21. The number of halogens is 1. The molecule has 1 saturated heterocycles. The summed E-state index contributed by atoms with van der Waals surface area (Å²) in [5, 5.41) is 0. The quantitative estimate of drug-likeness (QED) is 0.839. The van der Waals surface area contributed by atoms with Crippen molar-refractivity contribution in [2.24, 2.45) is 5.92 Å². The molecule has 0 saturated carbocycles. The zero-order valence-electron chi connectivity index (χ0n) is 14.2. The van der Waals surface area contributed by atoms with Crippen molar-refractivity contribution in [2.75, 3.05) is 27.3 Å². The van der Waals surface area contributed by atoms with Gasteiger partial charge in [-0.05, 0) is 29.5 Å². The number of rotatable bonds is 4. The largest absolute Gasteiger partial charge is 0.493 e. The maximum Gasteiger partial charge on any atom is 0.164 e. The Labute approximate surface area is 150 Å². The second kappa shape index (κ2) is 7.04. The second-order valence-electron chi connectivity index (χ2n) is 6.62. The van der Waals surface area contributed by atoms with Gasteiger partial charge in [0.05, 0.1) is 14.2 Å². The summed E-state index contributed by atoms with van der Waals surface area (Å²) in [5.41, 5.74) is 4.23. The van der Waals surface area contributed by atoms with Crippen molar-refractivity contribution in [3.05, 3.63) is 59.2 Å². The Hall–Kier alpha value is -1.71. The van der Waals surface area contributed by atoms with Crippen LogP contribution < -0.4 is 9.47 Å². The molecule has 0 spiro atoms. The first-order valence-corrected chi connectivity index (χ1v) is 8.30. The van der Waals surface area contributed by atoms with Crippen LogP contribution in [-0.4, -0.2) is 32.2 Å². The molecule has 4 heteroatoms. The zero-order valence-corrected chi connectivity index (χ0v) is 15.0. The fraction of sp³-hybridized carbons (Fsp3) is 0.400. The molecule has 2 atom stereocenters. The van der Waals surface area contributed by atoms with Crippen molar-refractivity contribution in [1.29, 1.82) is 0 Å². The fourth-order valence-electron chi connectivity index (χ4n) is 4.32. The molecule has 1 aliphatic heterocycles. The van der Waals surface area contributed by atoms with Crippen LogP contribution in [0, 0.1) is 5.92 Å². The number of hydrogen-bond donors (Lipinski definition) is 0. The average Bonchev–Trinajstić information content (AvgIpc) is 3.11. The highest BCUT2D eigenvalue weighted by Gasteiger charge is 2.41. The predicted molar refractivity (Wildman–Crippen MR) is 98.4 cm³/mol. The van der Waals surface area contributed by atoms with Gasteiger partial charge in [-0.15, -0.1) is 12.4 Å². The summed E-state index contributed by atoms with van der Waals surface area (Å²) in [7, 11) is 3.45. The molecule has 0 aromatic heterocycles. The maximum atomic E-state index is 5.63. The summed E-state index contributed by atoms with van der Waals surface area (Å²) in [6.07, 6.45) is 1.10. The first kappa shape index (κ1) is 17.1. The maximum absolute atomic E-state index is 5.63. The Balaban J connectivity index is 0.00000169. The van der Waals surface area contributed by atoms with Crippen molar-refractivity contribution >= 4 is 12.4 Å². The van der Waals surface area contributed by atoms with Crippen molar-refractivity contribution < 1.29 is 9.47 Å². The summed E-state index contributed by atoms with van der Waals surface area (Å²) in [6.45, 7) is 3.36. The van der Waals surface area contributed by atoms with Crippen LogP contribution in [0.4, 0.5) is 0 Å². The van der Waals surface area contributed by atoms with Gasteiger partial charge in [-0.3, -0.25) is 4.90 Å². The highest BCUT2D eigenvalue weighted by atomic mass is 35.5. The fourth-order valence-corrected chi connectivity index (χ4v) is 4.32. The Morgan fingerprint density at radius 2 is 1.79 bits per heavy atom. The van der Waals surface area contributed by atoms with E-state index in [1.807, 2.05) is 0 Å². The molecule has 0 amide bonds. The van der Waals surface area contributed by atoms with Crippen LogP contribution in [0.15, 0.2) is 42.5 Å². The van der Waals surface area contributed by atoms with Gasteiger partial charge in [0, 0.05) is 31.1 Å². The Morgan fingerprint density at radius 3 is 2.50 bits per heavy atom. The molecule has 1 heterocycles. The molecular formula is C20H24ClNO2. The van der Waals surface area contributed by atoms with E-state index in [1.54, 1.807) is 14.2 Å².